The number of hydrogen-bond donors (Lipinski definition) is 2. The summed E-state index contributed by atoms with van der Waals surface area (Å²) in [6.45, 7) is 4.30. The number of likely N-dealkylation sites (N-methyl/N-ethyl adjacent to an activating group) is 2. The summed E-state index contributed by atoms with van der Waals surface area (Å²) in [6, 6.07) is 6.31. The number of hydrogen-bond acceptors (Lipinski definition) is 4. The number of halogens is 4. The average Bonchev–Trinajstić information content (AvgIpc) is 2.84. The van der Waals surface area contributed by atoms with Crippen LogP contribution in [0.25, 0.3) is 0 Å². The van der Waals surface area contributed by atoms with Crippen LogP contribution in [0.4, 0.5) is 28.0 Å². The normalized spacial score (nSPS) is 13.1. The molecule has 2 aromatic rings. The standard InChI is InChI=1S/C28H33F4N5O2/c1-6-37(15-19-12-18(3)25(30)22(29)14-19)27(34-23-11-10-21(13-17(23)2)39-26(31)32)35-28(38)36(5)16-24(33-4)20-8-7-9-20/h6,10-14,26,33H,1,7-9,15-16H2,2-5H3,(H,34,35,38). The Morgan fingerprint density at radius 2 is 1.90 bits per heavy atom. The lowest BCUT2D eigenvalue weighted by atomic mass is 9.90. The summed E-state index contributed by atoms with van der Waals surface area (Å²) in [5.74, 6) is -1.91. The molecule has 1 aliphatic rings. The molecule has 0 aromatic heterocycles. The molecule has 1 saturated carbocycles. The van der Waals surface area contributed by atoms with Crippen molar-refractivity contribution in [1.29, 1.82) is 0 Å². The minimum Gasteiger partial charge on any atom is -0.435 e. The fourth-order valence-electron chi connectivity index (χ4n) is 4.04. The Balaban J connectivity index is 1.93. The number of nitrogens with zero attached hydrogens (tertiary/aromatic N) is 3. The molecule has 0 spiro atoms. The van der Waals surface area contributed by atoms with Gasteiger partial charge in [-0.1, -0.05) is 12.6 Å². The van der Waals surface area contributed by atoms with Crippen molar-refractivity contribution in [3.8, 4) is 5.75 Å². The molecule has 0 heterocycles. The van der Waals surface area contributed by atoms with Gasteiger partial charge in [0, 0.05) is 26.0 Å². The molecule has 39 heavy (non-hydrogen) atoms. The molecule has 0 bridgehead atoms. The minimum atomic E-state index is -2.97. The van der Waals surface area contributed by atoms with Crippen molar-refractivity contribution in [3.05, 3.63) is 82.7 Å². The minimum absolute atomic E-state index is 0.0157. The van der Waals surface area contributed by atoms with Gasteiger partial charge in [0.15, 0.2) is 11.6 Å². The van der Waals surface area contributed by atoms with Gasteiger partial charge in [-0.15, -0.1) is 0 Å². The van der Waals surface area contributed by atoms with Gasteiger partial charge in [-0.2, -0.15) is 8.78 Å². The molecular weight excluding hydrogens is 514 g/mol. The lowest BCUT2D eigenvalue weighted by Crippen LogP contribution is -2.47. The predicted octanol–water partition coefficient (Wildman–Crippen LogP) is 6.12. The highest BCUT2D eigenvalue weighted by Crippen LogP contribution is 2.28. The van der Waals surface area contributed by atoms with E-state index in [-0.39, 0.29) is 23.8 Å². The van der Waals surface area contributed by atoms with E-state index in [9.17, 15) is 22.4 Å². The van der Waals surface area contributed by atoms with Gasteiger partial charge in [0.1, 0.15) is 5.75 Å². The van der Waals surface area contributed by atoms with Crippen LogP contribution in [0.15, 0.2) is 59.4 Å². The van der Waals surface area contributed by atoms with E-state index in [0.717, 1.165) is 31.0 Å². The zero-order chi connectivity index (χ0) is 28.7. The van der Waals surface area contributed by atoms with Gasteiger partial charge in [0.25, 0.3) is 0 Å². The fraction of sp³-hybridized carbons (Fsp3) is 0.357. The molecule has 0 radical (unpaired) electrons. The van der Waals surface area contributed by atoms with E-state index in [2.05, 4.69) is 26.9 Å². The number of amides is 2. The number of nitrogens with one attached hydrogen (secondary N) is 2. The van der Waals surface area contributed by atoms with E-state index in [1.165, 1.54) is 52.8 Å². The number of aryl methyl sites for hydroxylation is 2. The van der Waals surface area contributed by atoms with Gasteiger partial charge < -0.3 is 19.9 Å². The third-order valence-electron chi connectivity index (χ3n) is 6.38. The Morgan fingerprint density at radius 1 is 1.18 bits per heavy atom. The zero-order valence-electron chi connectivity index (χ0n) is 22.5. The molecule has 1 fully saturated rings. The largest absolute Gasteiger partial charge is 0.435 e. The average molecular weight is 548 g/mol. The molecule has 0 atom stereocenters. The quantitative estimate of drug-likeness (QED) is 0.226. The van der Waals surface area contributed by atoms with Crippen LogP contribution in [0.5, 0.6) is 5.75 Å². The number of allylic oxidation sites excluding steroid dienone is 1. The topological polar surface area (TPSA) is 69.2 Å². The van der Waals surface area contributed by atoms with Crippen LogP contribution in [-0.2, 0) is 6.54 Å². The molecule has 2 amide bonds. The van der Waals surface area contributed by atoms with E-state index in [0.29, 0.717) is 23.4 Å². The molecule has 0 unspecified atom stereocenters. The Kier molecular flexibility index (Phi) is 9.97. The molecule has 7 nitrogen and oxygen atoms in total. The third kappa shape index (κ3) is 7.75. The molecular formula is C28H33F4N5O2. The van der Waals surface area contributed by atoms with E-state index < -0.39 is 24.3 Å². The van der Waals surface area contributed by atoms with Crippen LogP contribution in [-0.4, -0.2) is 49.0 Å². The Labute approximate surface area is 225 Å². The third-order valence-corrected chi connectivity index (χ3v) is 6.38. The summed E-state index contributed by atoms with van der Waals surface area (Å²) in [5.41, 5.74) is 3.68. The first-order chi connectivity index (χ1) is 18.5. The van der Waals surface area contributed by atoms with Crippen molar-refractivity contribution >= 4 is 17.7 Å². The van der Waals surface area contributed by atoms with E-state index in [1.54, 1.807) is 14.0 Å². The molecule has 1 aliphatic carbocycles. The van der Waals surface area contributed by atoms with Crippen LogP contribution in [0.1, 0.15) is 36.0 Å². The summed E-state index contributed by atoms with van der Waals surface area (Å²) in [7, 11) is 3.45. The van der Waals surface area contributed by atoms with Crippen molar-refractivity contribution in [3.63, 3.8) is 0 Å². The number of alkyl halides is 2. The number of guanidine groups is 1. The molecule has 210 valence electrons. The highest BCUT2D eigenvalue weighted by molar-refractivity contribution is 5.98. The van der Waals surface area contributed by atoms with Gasteiger partial charge in [0.05, 0.1) is 18.8 Å². The Bertz CT molecular complexity index is 1250. The van der Waals surface area contributed by atoms with Crippen LogP contribution >= 0.6 is 0 Å². The second kappa shape index (κ2) is 13.2. The summed E-state index contributed by atoms with van der Waals surface area (Å²) in [4.78, 5) is 20.8. The lowest BCUT2D eigenvalue weighted by Gasteiger charge is -2.28. The monoisotopic (exact) mass is 547 g/mol. The van der Waals surface area contributed by atoms with E-state index in [1.807, 2.05) is 7.05 Å². The van der Waals surface area contributed by atoms with Crippen LogP contribution < -0.4 is 15.4 Å². The second-order valence-corrected chi connectivity index (χ2v) is 9.25. The van der Waals surface area contributed by atoms with Gasteiger partial charge in [-0.3, -0.25) is 5.32 Å². The van der Waals surface area contributed by atoms with Gasteiger partial charge in [-0.05, 0) is 79.6 Å². The second-order valence-electron chi connectivity index (χ2n) is 9.25. The summed E-state index contributed by atoms with van der Waals surface area (Å²) in [5, 5.41) is 5.94. The molecule has 0 saturated heterocycles. The molecule has 2 aromatic carbocycles. The molecule has 2 N–H and O–H groups in total. The van der Waals surface area contributed by atoms with Crippen molar-refractivity contribution in [2.24, 2.45) is 4.99 Å². The van der Waals surface area contributed by atoms with Crippen molar-refractivity contribution in [2.75, 3.05) is 20.6 Å². The van der Waals surface area contributed by atoms with Crippen molar-refractivity contribution < 1.29 is 27.1 Å². The van der Waals surface area contributed by atoms with Crippen molar-refractivity contribution in [2.45, 2.75) is 46.3 Å². The number of carbonyl (C=O) groups excluding carboxylic acids is 1. The lowest BCUT2D eigenvalue weighted by molar-refractivity contribution is -0.0498. The zero-order valence-corrected chi connectivity index (χ0v) is 22.5. The van der Waals surface area contributed by atoms with Crippen molar-refractivity contribution in [1.82, 2.24) is 20.4 Å². The summed E-state index contributed by atoms with van der Waals surface area (Å²) >= 11 is 0. The number of aliphatic imine (C=N–C) groups is 1. The maximum Gasteiger partial charge on any atom is 0.387 e. The maximum absolute atomic E-state index is 14.1. The van der Waals surface area contributed by atoms with E-state index >= 15 is 0 Å². The van der Waals surface area contributed by atoms with E-state index in [4.69, 9.17) is 0 Å². The molecule has 3 rings (SSSR count). The Morgan fingerprint density at radius 3 is 2.44 bits per heavy atom. The van der Waals surface area contributed by atoms with Gasteiger partial charge >= 0.3 is 12.6 Å². The summed E-state index contributed by atoms with van der Waals surface area (Å²) in [6.07, 6.45) is 4.49. The van der Waals surface area contributed by atoms with Crippen LogP contribution in [0.3, 0.4) is 0 Å². The first-order valence-electron chi connectivity index (χ1n) is 12.4. The van der Waals surface area contributed by atoms with Crippen LogP contribution in [0, 0.1) is 25.5 Å². The number of ether oxygens (including phenoxy) is 1. The summed E-state index contributed by atoms with van der Waals surface area (Å²) < 4.78 is 57.7. The van der Waals surface area contributed by atoms with Gasteiger partial charge in [-0.25, -0.2) is 18.6 Å². The number of carbonyl (C=O) groups is 1. The first-order valence-corrected chi connectivity index (χ1v) is 12.4. The van der Waals surface area contributed by atoms with Gasteiger partial charge in [0.2, 0.25) is 5.96 Å². The SMILES string of the molecule is C=CN(Cc1cc(C)c(F)c(F)c1)C(=Nc1ccc(OC(F)F)cc1C)NC(=O)N(C)CC(NC)=C1CCC1. The smallest absolute Gasteiger partial charge is 0.387 e. The van der Waals surface area contributed by atoms with Crippen LogP contribution in [0.2, 0.25) is 0 Å². The maximum atomic E-state index is 14.1. The molecule has 0 aliphatic heterocycles. The highest BCUT2D eigenvalue weighted by atomic mass is 19.3. The number of urea groups is 1. The Hall–Kier alpha value is -4.02. The number of rotatable bonds is 9. The fourth-order valence-corrected chi connectivity index (χ4v) is 4.04. The number of benzene rings is 2. The highest BCUT2D eigenvalue weighted by Gasteiger charge is 2.21. The molecule has 11 heteroatoms. The predicted molar refractivity (Wildman–Crippen MR) is 143 cm³/mol. The first kappa shape index (κ1) is 29.5.